The predicted octanol–water partition coefficient (Wildman–Crippen LogP) is 3.78. The van der Waals surface area contributed by atoms with Crippen molar-refractivity contribution < 1.29 is 19.4 Å². The van der Waals surface area contributed by atoms with Gasteiger partial charge >= 0.3 is 0 Å². The molecule has 0 saturated carbocycles. The van der Waals surface area contributed by atoms with Crippen molar-refractivity contribution in [2.45, 2.75) is 12.8 Å². The summed E-state index contributed by atoms with van der Waals surface area (Å²) >= 11 is 0. The van der Waals surface area contributed by atoms with Gasteiger partial charge in [0.15, 0.2) is 0 Å². The van der Waals surface area contributed by atoms with Crippen molar-refractivity contribution in [1.82, 2.24) is 4.90 Å². The molecule has 1 aliphatic rings. The third-order valence-electron chi connectivity index (χ3n) is 4.80. The number of aldehydes is 1. The maximum atomic E-state index is 12.8. The first-order valence-electron chi connectivity index (χ1n) is 9.04. The van der Waals surface area contributed by atoms with Gasteiger partial charge in [0.25, 0.3) is 5.91 Å². The van der Waals surface area contributed by atoms with E-state index in [-0.39, 0.29) is 17.6 Å². The Morgan fingerprint density at radius 2 is 2.11 bits per heavy atom. The van der Waals surface area contributed by atoms with E-state index < -0.39 is 0 Å². The van der Waals surface area contributed by atoms with Crippen LogP contribution >= 0.6 is 0 Å². The monoisotopic (exact) mass is 365 g/mol. The van der Waals surface area contributed by atoms with Crippen molar-refractivity contribution in [3.8, 4) is 11.5 Å². The smallest absolute Gasteiger partial charge is 0.253 e. The van der Waals surface area contributed by atoms with Gasteiger partial charge in [0.2, 0.25) is 0 Å². The summed E-state index contributed by atoms with van der Waals surface area (Å²) in [4.78, 5) is 25.5. The molecule has 3 rings (SSSR count). The lowest BCUT2D eigenvalue weighted by atomic mass is 9.98. The van der Waals surface area contributed by atoms with Crippen LogP contribution in [0.5, 0.6) is 11.5 Å². The van der Waals surface area contributed by atoms with Gasteiger partial charge in [-0.05, 0) is 37.1 Å². The quantitative estimate of drug-likeness (QED) is 0.791. The summed E-state index contributed by atoms with van der Waals surface area (Å²) in [6.07, 6.45) is 4.19. The maximum Gasteiger partial charge on any atom is 0.253 e. The van der Waals surface area contributed by atoms with Crippen molar-refractivity contribution in [3.63, 3.8) is 0 Å². The lowest BCUT2D eigenvalue weighted by Crippen LogP contribution is -2.41. The summed E-state index contributed by atoms with van der Waals surface area (Å²) < 4.78 is 5.90. The second kappa shape index (κ2) is 8.54. The van der Waals surface area contributed by atoms with E-state index in [1.165, 1.54) is 0 Å². The van der Waals surface area contributed by atoms with Crippen molar-refractivity contribution in [2.75, 3.05) is 19.7 Å². The highest BCUT2D eigenvalue weighted by Crippen LogP contribution is 2.29. The van der Waals surface area contributed by atoms with Crippen LogP contribution in [0, 0.1) is 5.92 Å². The summed E-state index contributed by atoms with van der Waals surface area (Å²) in [5.41, 5.74) is 1.61. The third kappa shape index (κ3) is 4.37. The fraction of sp³-hybridized carbons (Fsp3) is 0.273. The Hall–Kier alpha value is -3.08. The van der Waals surface area contributed by atoms with Crippen molar-refractivity contribution in [1.29, 1.82) is 0 Å². The fourth-order valence-corrected chi connectivity index (χ4v) is 3.38. The highest BCUT2D eigenvalue weighted by atomic mass is 16.5. The molecule has 27 heavy (non-hydrogen) atoms. The van der Waals surface area contributed by atoms with Gasteiger partial charge in [-0.15, -0.1) is 0 Å². The molecule has 0 bridgehead atoms. The topological polar surface area (TPSA) is 66.8 Å². The zero-order chi connectivity index (χ0) is 19.2. The van der Waals surface area contributed by atoms with Gasteiger partial charge in [-0.2, -0.15) is 0 Å². The summed E-state index contributed by atoms with van der Waals surface area (Å²) in [5, 5.41) is 9.88. The van der Waals surface area contributed by atoms with E-state index in [1.807, 2.05) is 4.90 Å². The Balaban J connectivity index is 1.64. The minimum absolute atomic E-state index is 0.0625. The first-order chi connectivity index (χ1) is 13.1. The lowest BCUT2D eigenvalue weighted by molar-refractivity contribution is 0.0633. The van der Waals surface area contributed by atoms with Crippen molar-refractivity contribution in [3.05, 3.63) is 65.7 Å². The first-order valence-corrected chi connectivity index (χ1v) is 9.04. The van der Waals surface area contributed by atoms with Crippen LogP contribution in [0.3, 0.4) is 0 Å². The molecule has 0 radical (unpaired) electrons. The summed E-state index contributed by atoms with van der Waals surface area (Å²) in [6.45, 7) is 5.48. The van der Waals surface area contributed by atoms with E-state index in [1.54, 1.807) is 48.5 Å². The fourth-order valence-electron chi connectivity index (χ4n) is 3.38. The second-order valence-electron chi connectivity index (χ2n) is 6.71. The van der Waals surface area contributed by atoms with Crippen molar-refractivity contribution in [2.24, 2.45) is 5.92 Å². The highest BCUT2D eigenvalue weighted by molar-refractivity contribution is 5.95. The van der Waals surface area contributed by atoms with Crippen LogP contribution in [0.15, 0.2) is 49.0 Å². The van der Waals surface area contributed by atoms with Gasteiger partial charge in [0.1, 0.15) is 17.8 Å². The number of benzene rings is 2. The molecular formula is C22H23NO4. The van der Waals surface area contributed by atoms with Gasteiger partial charge < -0.3 is 14.7 Å². The summed E-state index contributed by atoms with van der Waals surface area (Å²) in [6, 6.07) is 11.9. The molecule has 2 aromatic carbocycles. The molecule has 5 nitrogen and oxygen atoms in total. The molecule has 140 valence electrons. The number of phenolic OH excluding ortho intramolecular Hbond substituents is 1. The van der Waals surface area contributed by atoms with E-state index in [9.17, 15) is 14.7 Å². The molecule has 0 unspecified atom stereocenters. The number of likely N-dealkylation sites (tertiary alicyclic amines) is 1. The number of hydrogen-bond donors (Lipinski definition) is 1. The van der Waals surface area contributed by atoms with Gasteiger partial charge in [0.05, 0.1) is 12.2 Å². The molecule has 1 aliphatic heterocycles. The minimum atomic E-state index is -0.0625. The maximum absolute atomic E-state index is 12.8. The predicted molar refractivity (Wildman–Crippen MR) is 104 cm³/mol. The molecule has 0 aliphatic carbocycles. The number of phenols is 1. The number of nitrogens with zero attached hydrogens (tertiary/aromatic N) is 1. The zero-order valence-corrected chi connectivity index (χ0v) is 15.1. The van der Waals surface area contributed by atoms with Crippen molar-refractivity contribution >= 4 is 18.3 Å². The normalized spacial score (nSPS) is 16.6. The van der Waals surface area contributed by atoms with Crippen LogP contribution in [0.2, 0.25) is 0 Å². The van der Waals surface area contributed by atoms with E-state index in [4.69, 9.17) is 4.74 Å². The molecule has 1 saturated heterocycles. The number of carbonyl (C=O) groups excluding carboxylic acids is 2. The molecule has 0 aromatic heterocycles. The number of amides is 1. The average molecular weight is 365 g/mol. The van der Waals surface area contributed by atoms with Crippen LogP contribution in [0.25, 0.3) is 6.08 Å². The largest absolute Gasteiger partial charge is 0.507 e. The molecule has 2 aromatic rings. The minimum Gasteiger partial charge on any atom is -0.507 e. The number of aromatic hydroxyl groups is 1. The Labute approximate surface area is 158 Å². The number of carbonyl (C=O) groups is 2. The van der Waals surface area contributed by atoms with E-state index >= 15 is 0 Å². The summed E-state index contributed by atoms with van der Waals surface area (Å²) in [7, 11) is 0. The Bertz CT molecular complexity index is 846. The summed E-state index contributed by atoms with van der Waals surface area (Å²) in [5.74, 6) is 0.870. The first kappa shape index (κ1) is 18.7. The second-order valence-corrected chi connectivity index (χ2v) is 6.71. The molecule has 1 heterocycles. The standard InChI is InChI=1S/C22H23NO4/c1-2-19-20(25)9-4-10-21(19)27-15-17-7-5-11-23(13-17)22(26)18-8-3-6-16(12-18)14-24/h2-4,6,8-10,12,14,17,25H,1,5,7,11,13,15H2/t17-/m1/s1. The van der Waals surface area contributed by atoms with E-state index in [0.717, 1.165) is 19.1 Å². The van der Waals surface area contributed by atoms with Crippen LogP contribution in [0.1, 0.15) is 39.1 Å². The molecule has 1 amide bonds. The van der Waals surface area contributed by atoms with Crippen LogP contribution in [0.4, 0.5) is 0 Å². The third-order valence-corrected chi connectivity index (χ3v) is 4.80. The number of piperidine rings is 1. The SMILES string of the molecule is C=Cc1c(O)cccc1OC[C@@H]1CCCN(C(=O)c2cccc(C=O)c2)C1. The molecule has 1 fully saturated rings. The van der Waals surface area contributed by atoms with Gasteiger partial charge in [0, 0.05) is 30.1 Å². The Morgan fingerprint density at radius 3 is 2.89 bits per heavy atom. The lowest BCUT2D eigenvalue weighted by Gasteiger charge is -2.33. The van der Waals surface area contributed by atoms with Gasteiger partial charge in [-0.25, -0.2) is 0 Å². The highest BCUT2D eigenvalue weighted by Gasteiger charge is 2.25. The van der Waals surface area contributed by atoms with Gasteiger partial charge in [-0.1, -0.05) is 30.9 Å². The van der Waals surface area contributed by atoms with Crippen LogP contribution in [-0.4, -0.2) is 41.9 Å². The van der Waals surface area contributed by atoms with E-state index in [0.29, 0.717) is 42.1 Å². The van der Waals surface area contributed by atoms with Crippen LogP contribution in [-0.2, 0) is 0 Å². The number of ether oxygens (including phenoxy) is 1. The van der Waals surface area contributed by atoms with E-state index in [2.05, 4.69) is 6.58 Å². The molecular weight excluding hydrogens is 342 g/mol. The number of hydrogen-bond acceptors (Lipinski definition) is 4. The molecule has 5 heteroatoms. The average Bonchev–Trinajstić information content (AvgIpc) is 2.72. The molecule has 0 spiro atoms. The Kier molecular flexibility index (Phi) is 5.91. The number of rotatable bonds is 6. The zero-order valence-electron chi connectivity index (χ0n) is 15.1. The van der Waals surface area contributed by atoms with Crippen LogP contribution < -0.4 is 4.74 Å². The van der Waals surface area contributed by atoms with Gasteiger partial charge in [-0.3, -0.25) is 9.59 Å². The Morgan fingerprint density at radius 1 is 1.30 bits per heavy atom. The molecule has 1 N–H and O–H groups in total. The molecule has 1 atom stereocenters.